The van der Waals surface area contributed by atoms with E-state index in [1.807, 2.05) is 0 Å². The van der Waals surface area contributed by atoms with Crippen LogP contribution in [0.5, 0.6) is 5.88 Å². The third kappa shape index (κ3) is 6.19. The highest BCUT2D eigenvalue weighted by atomic mass is 19.4. The SMILES string of the molecule is C=CC(=O)Nc1cc(C)ccc1Nc1nc(Nc2cc(OC)ncc2C(F)F)ncc1C(F)(F)F. The van der Waals surface area contributed by atoms with E-state index < -0.39 is 41.4 Å². The van der Waals surface area contributed by atoms with Crippen molar-refractivity contribution in [1.29, 1.82) is 0 Å². The predicted molar refractivity (Wildman–Crippen MR) is 119 cm³/mol. The topological polar surface area (TPSA) is 101 Å². The van der Waals surface area contributed by atoms with Crippen molar-refractivity contribution in [3.05, 3.63) is 66.0 Å². The number of carbonyl (C=O) groups excluding carboxylic acids is 1. The maximum atomic E-state index is 13.7. The van der Waals surface area contributed by atoms with Gasteiger partial charge in [0.25, 0.3) is 6.43 Å². The first kappa shape index (κ1) is 25.3. The smallest absolute Gasteiger partial charge is 0.421 e. The summed E-state index contributed by atoms with van der Waals surface area (Å²) >= 11 is 0. The van der Waals surface area contributed by atoms with Crippen LogP contribution in [0.3, 0.4) is 0 Å². The maximum absolute atomic E-state index is 13.7. The molecule has 0 aliphatic rings. The number of carbonyl (C=O) groups is 1. The molecule has 2 aromatic heterocycles. The van der Waals surface area contributed by atoms with Crippen LogP contribution in [0.2, 0.25) is 0 Å². The number of aryl methyl sites for hydroxylation is 1. The van der Waals surface area contributed by atoms with Crippen LogP contribution < -0.4 is 20.7 Å². The number of halogens is 5. The zero-order valence-corrected chi connectivity index (χ0v) is 18.4. The first-order valence-corrected chi connectivity index (χ1v) is 9.86. The molecule has 13 heteroatoms. The van der Waals surface area contributed by atoms with Crippen molar-refractivity contribution in [1.82, 2.24) is 15.0 Å². The van der Waals surface area contributed by atoms with Crippen LogP contribution >= 0.6 is 0 Å². The summed E-state index contributed by atoms with van der Waals surface area (Å²) in [4.78, 5) is 23.0. The van der Waals surface area contributed by atoms with Gasteiger partial charge in [-0.05, 0) is 30.7 Å². The monoisotopic (exact) mass is 494 g/mol. The molecule has 0 spiro atoms. The Hall–Kier alpha value is -4.29. The summed E-state index contributed by atoms with van der Waals surface area (Å²) in [6.45, 7) is 5.07. The number of nitrogens with zero attached hydrogens (tertiary/aromatic N) is 3. The molecule has 1 amide bonds. The number of rotatable bonds is 8. The number of hydrogen-bond acceptors (Lipinski definition) is 7. The molecule has 0 bridgehead atoms. The second kappa shape index (κ2) is 10.3. The number of hydrogen-bond donors (Lipinski definition) is 3. The molecule has 0 saturated heterocycles. The molecule has 35 heavy (non-hydrogen) atoms. The summed E-state index contributed by atoms with van der Waals surface area (Å²) in [6.07, 6.45) is -5.40. The van der Waals surface area contributed by atoms with Gasteiger partial charge in [0.05, 0.1) is 29.7 Å². The predicted octanol–water partition coefficient (Wildman–Crippen LogP) is 5.76. The lowest BCUT2D eigenvalue weighted by Crippen LogP contribution is -2.14. The highest BCUT2D eigenvalue weighted by Gasteiger charge is 2.35. The lowest BCUT2D eigenvalue weighted by molar-refractivity contribution is -0.137. The van der Waals surface area contributed by atoms with Crippen LogP contribution in [0, 0.1) is 6.92 Å². The highest BCUT2D eigenvalue weighted by molar-refractivity contribution is 6.01. The van der Waals surface area contributed by atoms with Crippen LogP contribution in [0.25, 0.3) is 0 Å². The molecule has 3 aromatic rings. The van der Waals surface area contributed by atoms with E-state index >= 15 is 0 Å². The molecule has 0 aliphatic heterocycles. The molecule has 0 aliphatic carbocycles. The summed E-state index contributed by atoms with van der Waals surface area (Å²) in [6, 6.07) is 5.73. The maximum Gasteiger partial charge on any atom is 0.421 e. The van der Waals surface area contributed by atoms with Crippen molar-refractivity contribution in [3.63, 3.8) is 0 Å². The van der Waals surface area contributed by atoms with Crippen molar-refractivity contribution in [2.24, 2.45) is 0 Å². The number of anilines is 5. The Morgan fingerprint density at radius 2 is 1.83 bits per heavy atom. The number of methoxy groups -OCH3 is 1. The molecule has 184 valence electrons. The van der Waals surface area contributed by atoms with E-state index in [0.29, 0.717) is 6.20 Å². The van der Waals surface area contributed by atoms with E-state index in [1.54, 1.807) is 13.0 Å². The number of amides is 1. The number of pyridine rings is 1. The fourth-order valence-electron chi connectivity index (χ4n) is 2.89. The number of alkyl halides is 5. The Balaban J connectivity index is 2.05. The summed E-state index contributed by atoms with van der Waals surface area (Å²) < 4.78 is 72.7. The van der Waals surface area contributed by atoms with Crippen molar-refractivity contribution >= 4 is 34.7 Å². The first-order chi connectivity index (χ1) is 16.5. The molecule has 0 unspecified atom stereocenters. The summed E-state index contributed by atoms with van der Waals surface area (Å²) in [5.41, 5.74) is -0.952. The quantitative estimate of drug-likeness (QED) is 0.271. The van der Waals surface area contributed by atoms with E-state index in [4.69, 9.17) is 4.74 Å². The summed E-state index contributed by atoms with van der Waals surface area (Å²) in [5, 5.41) is 7.53. The number of ether oxygens (including phenoxy) is 1. The van der Waals surface area contributed by atoms with Gasteiger partial charge in [-0.25, -0.2) is 18.7 Å². The molecule has 3 N–H and O–H groups in total. The fourth-order valence-corrected chi connectivity index (χ4v) is 2.89. The van der Waals surface area contributed by atoms with Gasteiger partial charge < -0.3 is 20.7 Å². The molecule has 3 rings (SSSR count). The van der Waals surface area contributed by atoms with Crippen molar-refractivity contribution in [2.75, 3.05) is 23.1 Å². The van der Waals surface area contributed by atoms with Gasteiger partial charge in [-0.2, -0.15) is 18.2 Å². The molecule has 2 heterocycles. The average molecular weight is 494 g/mol. The normalized spacial score (nSPS) is 11.2. The lowest BCUT2D eigenvalue weighted by Gasteiger charge is -2.18. The standard InChI is InChI=1S/C22H19F5N6O2/c1-4-17(34)30-16-7-11(2)5-6-14(16)31-20-13(22(25,26)27)10-29-21(33-20)32-15-8-18(35-3)28-9-12(15)19(23)24/h4-10,19H,1H2,2-3H3,(H,30,34)(H2,28,29,31,32,33). The molecular weight excluding hydrogens is 475 g/mol. The van der Waals surface area contributed by atoms with Gasteiger partial charge in [0.15, 0.2) is 0 Å². The number of nitrogens with one attached hydrogen (secondary N) is 3. The Labute approximate surface area is 196 Å². The minimum Gasteiger partial charge on any atom is -0.481 e. The number of aromatic nitrogens is 3. The lowest BCUT2D eigenvalue weighted by atomic mass is 10.1. The molecule has 0 fully saturated rings. The molecule has 8 nitrogen and oxygen atoms in total. The van der Waals surface area contributed by atoms with E-state index in [2.05, 4.69) is 37.5 Å². The van der Waals surface area contributed by atoms with Crippen molar-refractivity contribution in [3.8, 4) is 5.88 Å². The van der Waals surface area contributed by atoms with Gasteiger partial charge >= 0.3 is 6.18 Å². The molecule has 1 aromatic carbocycles. The summed E-state index contributed by atoms with van der Waals surface area (Å²) in [7, 11) is 1.27. The molecule has 0 atom stereocenters. The van der Waals surface area contributed by atoms with Crippen LogP contribution in [-0.4, -0.2) is 28.0 Å². The van der Waals surface area contributed by atoms with Crippen LogP contribution in [0.1, 0.15) is 23.1 Å². The van der Waals surface area contributed by atoms with E-state index in [0.717, 1.165) is 23.9 Å². The molecular formula is C22H19F5N6O2. The van der Waals surface area contributed by atoms with Gasteiger partial charge in [0.2, 0.25) is 17.7 Å². The zero-order valence-electron chi connectivity index (χ0n) is 18.4. The average Bonchev–Trinajstić information content (AvgIpc) is 2.79. The third-order valence-corrected chi connectivity index (χ3v) is 4.57. The number of benzene rings is 1. The largest absolute Gasteiger partial charge is 0.481 e. The van der Waals surface area contributed by atoms with E-state index in [-0.39, 0.29) is 22.9 Å². The van der Waals surface area contributed by atoms with Crippen LogP contribution in [-0.2, 0) is 11.0 Å². The molecule has 0 saturated carbocycles. The van der Waals surface area contributed by atoms with Crippen molar-refractivity contribution in [2.45, 2.75) is 19.5 Å². The van der Waals surface area contributed by atoms with Crippen molar-refractivity contribution < 1.29 is 31.5 Å². The first-order valence-electron chi connectivity index (χ1n) is 9.86. The van der Waals surface area contributed by atoms with Gasteiger partial charge in [-0.3, -0.25) is 4.79 Å². The fraction of sp³-hybridized carbons (Fsp3) is 0.182. The van der Waals surface area contributed by atoms with Crippen LogP contribution in [0.4, 0.5) is 50.8 Å². The summed E-state index contributed by atoms with van der Waals surface area (Å²) in [5.74, 6) is -1.66. The Bertz CT molecular complexity index is 1250. The minimum absolute atomic E-state index is 0.00980. The highest BCUT2D eigenvalue weighted by Crippen LogP contribution is 2.37. The van der Waals surface area contributed by atoms with E-state index in [9.17, 15) is 26.7 Å². The second-order valence-electron chi connectivity index (χ2n) is 7.06. The van der Waals surface area contributed by atoms with Gasteiger partial charge in [-0.1, -0.05) is 12.6 Å². The van der Waals surface area contributed by atoms with Gasteiger partial charge in [-0.15, -0.1) is 0 Å². The van der Waals surface area contributed by atoms with Gasteiger partial charge in [0, 0.05) is 18.5 Å². The van der Waals surface area contributed by atoms with Crippen LogP contribution in [0.15, 0.2) is 49.3 Å². The van der Waals surface area contributed by atoms with E-state index in [1.165, 1.54) is 19.2 Å². The Kier molecular flexibility index (Phi) is 7.47. The zero-order chi connectivity index (χ0) is 25.8. The molecule has 0 radical (unpaired) electrons. The third-order valence-electron chi connectivity index (χ3n) is 4.57. The Morgan fingerprint density at radius 1 is 1.09 bits per heavy atom. The Morgan fingerprint density at radius 3 is 2.46 bits per heavy atom. The minimum atomic E-state index is -4.84. The second-order valence-corrected chi connectivity index (χ2v) is 7.06. The van der Waals surface area contributed by atoms with Gasteiger partial charge in [0.1, 0.15) is 11.4 Å².